The Kier molecular flexibility index (Phi) is 8.28. The maximum Gasteiger partial charge on any atom is 0.258 e. The van der Waals surface area contributed by atoms with Gasteiger partial charge in [-0.2, -0.15) is 0 Å². The molecular formula is C24H33FN2O6S2. The molecular weight excluding hydrogens is 495 g/mol. The molecule has 0 radical (unpaired) electrons. The number of hydrogen-bond acceptors (Lipinski definition) is 7. The van der Waals surface area contributed by atoms with Crippen LogP contribution in [0.25, 0.3) is 11.1 Å². The van der Waals surface area contributed by atoms with Gasteiger partial charge in [0, 0.05) is 50.6 Å². The molecule has 194 valence electrons. The number of sulfone groups is 1. The van der Waals surface area contributed by atoms with E-state index < -0.39 is 38.2 Å². The van der Waals surface area contributed by atoms with Gasteiger partial charge in [0.25, 0.3) is 5.91 Å². The Morgan fingerprint density at radius 2 is 1.83 bits per heavy atom. The minimum Gasteiger partial charge on any atom is -0.497 e. The van der Waals surface area contributed by atoms with Crippen molar-refractivity contribution >= 4 is 26.5 Å². The number of alkyl halides is 1. The van der Waals surface area contributed by atoms with Gasteiger partial charge in [0.1, 0.15) is 5.75 Å². The van der Waals surface area contributed by atoms with E-state index in [1.165, 1.54) is 17.5 Å². The lowest BCUT2D eigenvalue weighted by atomic mass is 9.93. The van der Waals surface area contributed by atoms with Crippen molar-refractivity contribution in [3.8, 4) is 16.9 Å². The number of piperidine rings is 1. The van der Waals surface area contributed by atoms with Crippen LogP contribution in [0.15, 0.2) is 64.9 Å². The molecule has 1 aliphatic rings. The van der Waals surface area contributed by atoms with Gasteiger partial charge < -0.3 is 10.1 Å². The third kappa shape index (κ3) is 6.62. The van der Waals surface area contributed by atoms with Crippen molar-refractivity contribution in [2.24, 2.45) is 0 Å². The number of halogens is 1. The Bertz CT molecular complexity index is 1190. The van der Waals surface area contributed by atoms with Crippen molar-refractivity contribution in [1.82, 2.24) is 9.62 Å². The Morgan fingerprint density at radius 3 is 2.40 bits per heavy atom. The molecule has 3 rings (SSSR count). The molecule has 0 aromatic heterocycles. The van der Waals surface area contributed by atoms with Crippen molar-refractivity contribution in [3.05, 3.63) is 60.0 Å². The Labute approximate surface area is 208 Å². The number of ether oxygens (including phenoxy) is 1. The second kappa shape index (κ2) is 10.7. The summed E-state index contributed by atoms with van der Waals surface area (Å²) in [6.07, 6.45) is 1.81. The summed E-state index contributed by atoms with van der Waals surface area (Å²) < 4.78 is 67.2. The number of hydrogen-bond donors (Lipinski definition) is 3. The first kappa shape index (κ1) is 27.2. The van der Waals surface area contributed by atoms with Gasteiger partial charge in [-0.15, -0.1) is 10.8 Å². The predicted octanol–water partition coefficient (Wildman–Crippen LogP) is 4.50. The van der Waals surface area contributed by atoms with Crippen LogP contribution in [0.5, 0.6) is 5.75 Å². The van der Waals surface area contributed by atoms with Crippen LogP contribution in [0, 0.1) is 0 Å². The summed E-state index contributed by atoms with van der Waals surface area (Å²) in [6, 6.07) is 13.5. The molecule has 1 heterocycles. The number of benzene rings is 2. The van der Waals surface area contributed by atoms with Gasteiger partial charge in [-0.3, -0.25) is 13.9 Å². The fraction of sp³-hybridized carbons (Fsp3) is 0.375. The second-order valence-corrected chi connectivity index (χ2v) is 12.5. The molecule has 0 aliphatic carbocycles. The highest BCUT2D eigenvalue weighted by Crippen LogP contribution is 2.57. The minimum absolute atomic E-state index is 0. The van der Waals surface area contributed by atoms with Gasteiger partial charge in [0.2, 0.25) is 0 Å². The van der Waals surface area contributed by atoms with Crippen LogP contribution in [0.3, 0.4) is 0 Å². The van der Waals surface area contributed by atoms with Crippen molar-refractivity contribution < 1.29 is 32.9 Å². The van der Waals surface area contributed by atoms with Crippen molar-refractivity contribution in [1.29, 1.82) is 0 Å². The molecule has 0 saturated carbocycles. The lowest BCUT2D eigenvalue weighted by molar-refractivity contribution is -0.135. The van der Waals surface area contributed by atoms with E-state index in [1.807, 2.05) is 30.3 Å². The monoisotopic (exact) mass is 528 g/mol. The summed E-state index contributed by atoms with van der Waals surface area (Å²) in [6.45, 7) is 1.43. The molecule has 3 N–H and O–H groups in total. The highest BCUT2D eigenvalue weighted by molar-refractivity contribution is 8.22. The first-order valence-corrected chi connectivity index (χ1v) is 14.5. The Hall–Kier alpha value is -2.44. The molecule has 1 amide bonds. The van der Waals surface area contributed by atoms with Gasteiger partial charge in [0.15, 0.2) is 15.5 Å². The fourth-order valence-electron chi connectivity index (χ4n) is 3.82. The van der Waals surface area contributed by atoms with Crippen LogP contribution >= 0.6 is 10.8 Å². The maximum atomic E-state index is 15.5. The molecule has 2 aromatic carbocycles. The molecule has 35 heavy (non-hydrogen) atoms. The van der Waals surface area contributed by atoms with Crippen LogP contribution < -0.4 is 10.1 Å². The molecule has 1 aliphatic heterocycles. The molecule has 2 aromatic rings. The number of carbonyl (C=O) groups excluding carboxylic acids is 1. The van der Waals surface area contributed by atoms with Crippen LogP contribution in [0.4, 0.5) is 4.39 Å². The predicted molar refractivity (Wildman–Crippen MR) is 138 cm³/mol. The molecule has 8 nitrogen and oxygen atoms in total. The van der Waals surface area contributed by atoms with Crippen LogP contribution in [-0.2, 0) is 14.6 Å². The van der Waals surface area contributed by atoms with E-state index in [2.05, 4.69) is 5.32 Å². The van der Waals surface area contributed by atoms with Crippen LogP contribution in [0.2, 0.25) is 0 Å². The maximum absolute atomic E-state index is 15.5. The SMILES string of the molecule is COc1ccc(S(O)(O)N2CCC(F)(C(=O)N[C@@H](C)/C=C\S(C)(=O)=O)CC2)c(-c2ccccc2)c1.[HH]. The summed E-state index contributed by atoms with van der Waals surface area (Å²) in [5.41, 5.74) is -0.846. The zero-order chi connectivity index (χ0) is 25.9. The summed E-state index contributed by atoms with van der Waals surface area (Å²) in [5.74, 6) is -0.298. The van der Waals surface area contributed by atoms with Gasteiger partial charge in [-0.1, -0.05) is 36.4 Å². The summed E-state index contributed by atoms with van der Waals surface area (Å²) in [7, 11) is -5.33. The Morgan fingerprint density at radius 1 is 1.20 bits per heavy atom. The van der Waals surface area contributed by atoms with Gasteiger partial charge in [0.05, 0.1) is 12.0 Å². The topological polar surface area (TPSA) is 116 Å². The minimum atomic E-state index is -3.49. The van der Waals surface area contributed by atoms with E-state index in [-0.39, 0.29) is 27.4 Å². The first-order valence-electron chi connectivity index (χ1n) is 11.0. The highest BCUT2D eigenvalue weighted by atomic mass is 32.3. The first-order chi connectivity index (χ1) is 16.4. The lowest BCUT2D eigenvalue weighted by Crippen LogP contribution is -2.52. The fourth-order valence-corrected chi connectivity index (χ4v) is 6.04. The van der Waals surface area contributed by atoms with E-state index in [0.717, 1.165) is 17.2 Å². The quantitative estimate of drug-likeness (QED) is 0.462. The van der Waals surface area contributed by atoms with Gasteiger partial charge in [-0.05, 0) is 30.7 Å². The number of nitrogens with zero attached hydrogens (tertiary/aromatic N) is 1. The van der Waals surface area contributed by atoms with E-state index in [1.54, 1.807) is 25.1 Å². The van der Waals surface area contributed by atoms with Crippen LogP contribution in [0.1, 0.15) is 21.2 Å². The van der Waals surface area contributed by atoms with E-state index in [4.69, 9.17) is 4.74 Å². The van der Waals surface area contributed by atoms with E-state index in [9.17, 15) is 22.3 Å². The number of carbonyl (C=O) groups is 1. The van der Waals surface area contributed by atoms with Crippen LogP contribution in [-0.4, -0.2) is 65.9 Å². The molecule has 0 unspecified atom stereocenters. The molecule has 1 saturated heterocycles. The summed E-state index contributed by atoms with van der Waals surface area (Å²) in [5, 5.41) is 3.43. The molecule has 1 atom stereocenters. The normalized spacial score (nSPS) is 18.2. The van der Waals surface area contributed by atoms with Gasteiger partial charge >= 0.3 is 0 Å². The lowest BCUT2D eigenvalue weighted by Gasteiger charge is -2.47. The van der Waals surface area contributed by atoms with Crippen molar-refractivity contribution in [3.63, 3.8) is 0 Å². The molecule has 0 spiro atoms. The van der Waals surface area contributed by atoms with Gasteiger partial charge in [-0.25, -0.2) is 17.1 Å². The molecule has 0 bridgehead atoms. The summed E-state index contributed by atoms with van der Waals surface area (Å²) >= 11 is 0. The smallest absolute Gasteiger partial charge is 0.258 e. The third-order valence-electron chi connectivity index (χ3n) is 5.82. The zero-order valence-electron chi connectivity index (χ0n) is 19.8. The average molecular weight is 529 g/mol. The number of nitrogens with one attached hydrogen (secondary N) is 1. The third-order valence-corrected chi connectivity index (χ3v) is 8.50. The van der Waals surface area contributed by atoms with E-state index in [0.29, 0.717) is 16.2 Å². The molecule has 11 heteroatoms. The number of methoxy groups -OCH3 is 1. The highest BCUT2D eigenvalue weighted by Gasteiger charge is 2.45. The second-order valence-electron chi connectivity index (χ2n) is 8.56. The van der Waals surface area contributed by atoms with E-state index >= 15 is 4.39 Å². The largest absolute Gasteiger partial charge is 0.497 e. The van der Waals surface area contributed by atoms with Crippen molar-refractivity contribution in [2.75, 3.05) is 26.5 Å². The average Bonchev–Trinajstić information content (AvgIpc) is 2.82. The molecule has 1 fully saturated rings. The number of amides is 1. The Balaban J connectivity index is 0.00000456. The van der Waals surface area contributed by atoms with Crippen molar-refractivity contribution in [2.45, 2.75) is 36.4 Å². The zero-order valence-corrected chi connectivity index (χ0v) is 21.5. The number of rotatable bonds is 8. The summed E-state index contributed by atoms with van der Waals surface area (Å²) in [4.78, 5) is 12.9. The standard InChI is InChI=1S/C24H31FN2O6S2.H2/c1-18(11-16-34(3,29)30)26-23(28)24(25)12-14-27(15-13-24)35(31,32)22-10-9-20(33-2)17-21(22)19-7-5-4-6-8-19;/h4-11,16-18,31-32H,12-15H2,1-3H3,(H,26,28);1H/b16-11-;/t18-;/m0./s1.